The highest BCUT2D eigenvalue weighted by Gasteiger charge is 2.22. The molecule has 2 amide bonds. The third-order valence-electron chi connectivity index (χ3n) is 7.05. The minimum Gasteiger partial charge on any atom is -0.367 e. The first-order valence-corrected chi connectivity index (χ1v) is 12.8. The maximum absolute atomic E-state index is 12.2. The molecular formula is C27H35N7O. The second-order valence-corrected chi connectivity index (χ2v) is 9.54. The molecule has 3 aromatic rings. The fourth-order valence-corrected chi connectivity index (χ4v) is 4.96. The first kappa shape index (κ1) is 23.4. The van der Waals surface area contributed by atoms with E-state index in [0.717, 1.165) is 66.6 Å². The Morgan fingerprint density at radius 1 is 0.971 bits per heavy atom. The Bertz CT molecular complexity index is 1150. The van der Waals surface area contributed by atoms with Crippen LogP contribution >= 0.6 is 0 Å². The highest BCUT2D eigenvalue weighted by Crippen LogP contribution is 2.28. The number of hydrogen-bond donors (Lipinski definition) is 3. The van der Waals surface area contributed by atoms with Crippen LogP contribution in [-0.4, -0.2) is 66.2 Å². The number of hydrogen-bond acceptors (Lipinski definition) is 6. The molecule has 0 bridgehead atoms. The number of aryl methyl sites for hydroxylation is 1. The lowest BCUT2D eigenvalue weighted by Gasteiger charge is -2.35. The summed E-state index contributed by atoms with van der Waals surface area (Å²) in [6.45, 7) is 7.00. The summed E-state index contributed by atoms with van der Waals surface area (Å²) < 4.78 is 0. The molecule has 2 aromatic carbocycles. The molecular weight excluding hydrogens is 438 g/mol. The van der Waals surface area contributed by atoms with Crippen LogP contribution in [0.15, 0.2) is 48.5 Å². The van der Waals surface area contributed by atoms with Gasteiger partial charge in [0.2, 0.25) is 5.95 Å². The summed E-state index contributed by atoms with van der Waals surface area (Å²) in [5.41, 5.74) is 2.89. The van der Waals surface area contributed by atoms with Crippen molar-refractivity contribution in [2.45, 2.75) is 38.6 Å². The van der Waals surface area contributed by atoms with Gasteiger partial charge in [-0.15, -0.1) is 0 Å². The van der Waals surface area contributed by atoms with Gasteiger partial charge < -0.3 is 20.9 Å². The van der Waals surface area contributed by atoms with Crippen molar-refractivity contribution >= 4 is 34.4 Å². The highest BCUT2D eigenvalue weighted by molar-refractivity contribution is 5.90. The number of fused-ring (bicyclic) bond motifs is 1. The van der Waals surface area contributed by atoms with E-state index in [9.17, 15) is 4.79 Å². The number of urea groups is 1. The highest BCUT2D eigenvalue weighted by atomic mass is 16.2. The molecule has 35 heavy (non-hydrogen) atoms. The number of nitrogens with one attached hydrogen (secondary N) is 3. The summed E-state index contributed by atoms with van der Waals surface area (Å²) in [6, 6.07) is 16.4. The first-order valence-electron chi connectivity index (χ1n) is 12.8. The van der Waals surface area contributed by atoms with E-state index in [0.29, 0.717) is 12.6 Å². The molecule has 3 N–H and O–H groups in total. The molecule has 5 rings (SSSR count). The predicted molar refractivity (Wildman–Crippen MR) is 142 cm³/mol. The maximum atomic E-state index is 12.2. The fourth-order valence-electron chi connectivity index (χ4n) is 4.96. The molecule has 2 aliphatic rings. The van der Waals surface area contributed by atoms with Crippen LogP contribution in [0.3, 0.4) is 0 Å². The Labute approximate surface area is 207 Å². The second kappa shape index (κ2) is 10.9. The smallest absolute Gasteiger partial charge is 0.319 e. The number of aromatic nitrogens is 2. The zero-order valence-corrected chi connectivity index (χ0v) is 20.5. The van der Waals surface area contributed by atoms with Gasteiger partial charge in [0.15, 0.2) is 0 Å². The largest absolute Gasteiger partial charge is 0.367 e. The average Bonchev–Trinajstić information content (AvgIpc) is 3.39. The fraction of sp³-hybridized carbons (Fsp3) is 0.444. The van der Waals surface area contributed by atoms with Crippen molar-refractivity contribution < 1.29 is 4.79 Å². The van der Waals surface area contributed by atoms with E-state index in [1.54, 1.807) is 0 Å². The number of carbonyl (C=O) groups excluding carboxylic acids is 1. The van der Waals surface area contributed by atoms with Crippen molar-refractivity contribution in [2.24, 2.45) is 0 Å². The number of rotatable bonds is 7. The second-order valence-electron chi connectivity index (χ2n) is 9.54. The SMILES string of the molecule is Cc1ccccc1NC(=O)NCCN1CCN(c2nc(NC3CCCC3)c3ccccc3n2)CC1. The van der Waals surface area contributed by atoms with Crippen LogP contribution in [0.5, 0.6) is 0 Å². The summed E-state index contributed by atoms with van der Waals surface area (Å²) in [6.07, 6.45) is 5.00. The van der Waals surface area contributed by atoms with E-state index in [-0.39, 0.29) is 6.03 Å². The zero-order chi connectivity index (χ0) is 24.0. The van der Waals surface area contributed by atoms with E-state index in [2.05, 4.69) is 43.9 Å². The Balaban J connectivity index is 1.14. The predicted octanol–water partition coefficient (Wildman–Crippen LogP) is 4.24. The van der Waals surface area contributed by atoms with Gasteiger partial charge >= 0.3 is 6.03 Å². The normalized spacial score (nSPS) is 17.0. The molecule has 184 valence electrons. The lowest BCUT2D eigenvalue weighted by Crippen LogP contribution is -2.49. The van der Waals surface area contributed by atoms with E-state index in [1.165, 1.54) is 25.7 Å². The van der Waals surface area contributed by atoms with E-state index in [4.69, 9.17) is 9.97 Å². The standard InChI is InChI=1S/C27H35N7O/c1-20-8-2-6-12-23(20)31-27(35)28-14-15-33-16-18-34(19-17-33)26-30-24-13-7-5-11-22(24)25(32-26)29-21-9-3-4-10-21/h2,5-8,11-13,21H,3-4,9-10,14-19H2,1H3,(H2,28,31,35)(H,29,30,32). The van der Waals surface area contributed by atoms with Crippen molar-refractivity contribution in [3.05, 3.63) is 54.1 Å². The minimum absolute atomic E-state index is 0.162. The molecule has 0 radical (unpaired) electrons. The lowest BCUT2D eigenvalue weighted by molar-refractivity contribution is 0.240. The molecule has 1 aliphatic heterocycles. The van der Waals surface area contributed by atoms with Gasteiger partial charge in [-0.1, -0.05) is 43.2 Å². The van der Waals surface area contributed by atoms with Crippen LogP contribution < -0.4 is 20.9 Å². The molecule has 8 heteroatoms. The van der Waals surface area contributed by atoms with Gasteiger partial charge in [0.25, 0.3) is 0 Å². The van der Waals surface area contributed by atoms with Crippen LogP contribution in [-0.2, 0) is 0 Å². The number of para-hydroxylation sites is 2. The van der Waals surface area contributed by atoms with Gasteiger partial charge in [-0.3, -0.25) is 4.90 Å². The molecule has 0 atom stereocenters. The molecule has 0 spiro atoms. The van der Waals surface area contributed by atoms with Crippen molar-refractivity contribution in [1.82, 2.24) is 20.2 Å². The topological polar surface area (TPSA) is 85.4 Å². The Morgan fingerprint density at radius 2 is 1.71 bits per heavy atom. The number of nitrogens with zero attached hydrogens (tertiary/aromatic N) is 4. The summed E-state index contributed by atoms with van der Waals surface area (Å²) in [5.74, 6) is 1.77. The number of anilines is 3. The van der Waals surface area contributed by atoms with Crippen LogP contribution in [0.25, 0.3) is 10.9 Å². The Hall–Kier alpha value is -3.39. The van der Waals surface area contributed by atoms with Crippen LogP contribution in [0, 0.1) is 6.92 Å². The maximum Gasteiger partial charge on any atom is 0.319 e. The third kappa shape index (κ3) is 5.82. The molecule has 2 heterocycles. The summed E-state index contributed by atoms with van der Waals surface area (Å²) in [4.78, 5) is 26.7. The van der Waals surface area contributed by atoms with Crippen LogP contribution in [0.4, 0.5) is 22.2 Å². The quantitative estimate of drug-likeness (QED) is 0.476. The van der Waals surface area contributed by atoms with Crippen LogP contribution in [0.2, 0.25) is 0 Å². The van der Waals surface area contributed by atoms with Gasteiger partial charge in [0, 0.05) is 56.4 Å². The number of carbonyl (C=O) groups is 1. The van der Waals surface area contributed by atoms with Gasteiger partial charge in [0.1, 0.15) is 5.82 Å². The van der Waals surface area contributed by atoms with Crippen molar-refractivity contribution in [2.75, 3.05) is 54.8 Å². The molecule has 0 unspecified atom stereocenters. The molecule has 8 nitrogen and oxygen atoms in total. The lowest BCUT2D eigenvalue weighted by atomic mass is 10.2. The van der Waals surface area contributed by atoms with Crippen LogP contribution in [0.1, 0.15) is 31.2 Å². The number of amides is 2. The van der Waals surface area contributed by atoms with E-state index >= 15 is 0 Å². The van der Waals surface area contributed by atoms with Crippen molar-refractivity contribution in [1.29, 1.82) is 0 Å². The number of piperazine rings is 1. The zero-order valence-electron chi connectivity index (χ0n) is 20.5. The van der Waals surface area contributed by atoms with Crippen molar-refractivity contribution in [3.8, 4) is 0 Å². The summed E-state index contributed by atoms with van der Waals surface area (Å²) in [5, 5.41) is 10.7. The molecule has 2 fully saturated rings. The van der Waals surface area contributed by atoms with Gasteiger partial charge in [-0.2, -0.15) is 4.98 Å². The summed E-state index contributed by atoms with van der Waals surface area (Å²) >= 11 is 0. The molecule has 1 aromatic heterocycles. The molecule has 1 saturated heterocycles. The van der Waals surface area contributed by atoms with Gasteiger partial charge in [-0.25, -0.2) is 9.78 Å². The third-order valence-corrected chi connectivity index (χ3v) is 7.05. The average molecular weight is 474 g/mol. The molecule has 1 aliphatic carbocycles. The number of benzene rings is 2. The van der Waals surface area contributed by atoms with Gasteiger partial charge in [0.05, 0.1) is 5.52 Å². The minimum atomic E-state index is -0.162. The first-order chi connectivity index (χ1) is 17.2. The van der Waals surface area contributed by atoms with Gasteiger partial charge in [-0.05, 0) is 43.5 Å². The van der Waals surface area contributed by atoms with E-state index < -0.39 is 0 Å². The van der Waals surface area contributed by atoms with Crippen molar-refractivity contribution in [3.63, 3.8) is 0 Å². The molecule has 1 saturated carbocycles. The Morgan fingerprint density at radius 3 is 2.51 bits per heavy atom. The monoisotopic (exact) mass is 473 g/mol. The van der Waals surface area contributed by atoms with E-state index in [1.807, 2.05) is 37.3 Å². The summed E-state index contributed by atoms with van der Waals surface area (Å²) in [7, 11) is 0. The Kier molecular flexibility index (Phi) is 7.28.